The van der Waals surface area contributed by atoms with E-state index in [0.717, 1.165) is 11.6 Å². The number of benzene rings is 2. The summed E-state index contributed by atoms with van der Waals surface area (Å²) < 4.78 is 40.4. The molecule has 0 spiro atoms. The van der Waals surface area contributed by atoms with Crippen LogP contribution in [0.3, 0.4) is 0 Å². The van der Waals surface area contributed by atoms with Crippen LogP contribution in [0.2, 0.25) is 5.02 Å². The van der Waals surface area contributed by atoms with Gasteiger partial charge in [0.25, 0.3) is 0 Å². The quantitative estimate of drug-likeness (QED) is 0.779. The zero-order chi connectivity index (χ0) is 18.8. The van der Waals surface area contributed by atoms with Crippen LogP contribution >= 0.6 is 11.6 Å². The number of piperazine rings is 1. The van der Waals surface area contributed by atoms with E-state index in [-0.39, 0.29) is 11.7 Å². The lowest BCUT2D eigenvalue weighted by Crippen LogP contribution is -2.50. The maximum Gasteiger partial charge on any atom is 0.321 e. The van der Waals surface area contributed by atoms with E-state index in [2.05, 4.69) is 5.32 Å². The molecular formula is C18H17ClF3N3O. The van der Waals surface area contributed by atoms with Crippen LogP contribution in [0.25, 0.3) is 0 Å². The molecule has 138 valence electrons. The fourth-order valence-electron chi connectivity index (χ4n) is 2.83. The molecule has 0 radical (unpaired) electrons. The molecule has 0 atom stereocenters. The van der Waals surface area contributed by atoms with Gasteiger partial charge in [0.2, 0.25) is 0 Å². The third kappa shape index (κ3) is 3.72. The monoisotopic (exact) mass is 383 g/mol. The number of nitrogens with zero attached hydrogens (tertiary/aromatic N) is 2. The lowest BCUT2D eigenvalue weighted by Gasteiger charge is -2.36. The fourth-order valence-corrected chi connectivity index (χ4v) is 3.01. The summed E-state index contributed by atoms with van der Waals surface area (Å²) in [5, 5.41) is 3.32. The molecule has 1 aliphatic rings. The fraction of sp³-hybridized carbons (Fsp3) is 0.278. The summed E-state index contributed by atoms with van der Waals surface area (Å²) in [6.45, 7) is 3.12. The van der Waals surface area contributed by atoms with E-state index in [4.69, 9.17) is 11.6 Å². The van der Waals surface area contributed by atoms with Crippen LogP contribution in [0.1, 0.15) is 5.56 Å². The van der Waals surface area contributed by atoms with Gasteiger partial charge in [0, 0.05) is 36.9 Å². The van der Waals surface area contributed by atoms with Gasteiger partial charge < -0.3 is 15.1 Å². The van der Waals surface area contributed by atoms with Crippen LogP contribution in [0.15, 0.2) is 30.3 Å². The van der Waals surface area contributed by atoms with E-state index in [9.17, 15) is 18.0 Å². The van der Waals surface area contributed by atoms with Crippen molar-refractivity contribution < 1.29 is 18.0 Å². The number of hydrogen-bond donors (Lipinski definition) is 1. The summed E-state index contributed by atoms with van der Waals surface area (Å²) >= 11 is 5.95. The van der Waals surface area contributed by atoms with Crippen LogP contribution in [0.5, 0.6) is 0 Å². The van der Waals surface area contributed by atoms with Crippen molar-refractivity contribution in [2.24, 2.45) is 0 Å². The Labute approximate surface area is 154 Å². The lowest BCUT2D eigenvalue weighted by molar-refractivity contribution is 0.208. The summed E-state index contributed by atoms with van der Waals surface area (Å²) in [4.78, 5) is 15.6. The Morgan fingerprint density at radius 1 is 1.04 bits per heavy atom. The highest BCUT2D eigenvalue weighted by Gasteiger charge is 2.25. The molecule has 1 saturated heterocycles. The van der Waals surface area contributed by atoms with Crippen molar-refractivity contribution in [2.75, 3.05) is 36.4 Å². The van der Waals surface area contributed by atoms with Crippen LogP contribution < -0.4 is 10.2 Å². The number of anilines is 2. The molecule has 1 N–H and O–H groups in total. The van der Waals surface area contributed by atoms with Gasteiger partial charge in [-0.1, -0.05) is 17.7 Å². The Hall–Kier alpha value is -2.41. The van der Waals surface area contributed by atoms with E-state index in [0.29, 0.717) is 36.9 Å². The topological polar surface area (TPSA) is 35.6 Å². The van der Waals surface area contributed by atoms with Crippen LogP contribution in [0, 0.1) is 24.4 Å². The van der Waals surface area contributed by atoms with E-state index >= 15 is 0 Å². The molecule has 4 nitrogen and oxygen atoms in total. The first kappa shape index (κ1) is 18.4. The van der Waals surface area contributed by atoms with Crippen molar-refractivity contribution in [3.8, 4) is 0 Å². The van der Waals surface area contributed by atoms with Gasteiger partial charge >= 0.3 is 6.03 Å². The van der Waals surface area contributed by atoms with Gasteiger partial charge in [-0.25, -0.2) is 18.0 Å². The van der Waals surface area contributed by atoms with Crippen LogP contribution in [-0.4, -0.2) is 37.1 Å². The minimum atomic E-state index is -1.49. The molecular weight excluding hydrogens is 367 g/mol. The third-order valence-electron chi connectivity index (χ3n) is 4.36. The van der Waals surface area contributed by atoms with Crippen molar-refractivity contribution in [1.29, 1.82) is 0 Å². The van der Waals surface area contributed by atoms with Crippen molar-refractivity contribution in [1.82, 2.24) is 4.90 Å². The number of nitrogens with one attached hydrogen (secondary N) is 1. The number of amides is 2. The highest BCUT2D eigenvalue weighted by molar-refractivity contribution is 6.31. The van der Waals surface area contributed by atoms with E-state index in [1.165, 1.54) is 6.07 Å². The molecule has 3 rings (SSSR count). The summed E-state index contributed by atoms with van der Waals surface area (Å²) in [5.41, 5.74) is 1.50. The Balaban J connectivity index is 1.64. The largest absolute Gasteiger partial charge is 0.366 e. The molecule has 2 aromatic rings. The second-order valence-corrected chi connectivity index (χ2v) is 6.49. The molecule has 1 fully saturated rings. The number of hydrogen-bond acceptors (Lipinski definition) is 2. The van der Waals surface area contributed by atoms with Crippen molar-refractivity contribution in [2.45, 2.75) is 6.92 Å². The smallest absolute Gasteiger partial charge is 0.321 e. The highest BCUT2D eigenvalue weighted by atomic mass is 35.5. The van der Waals surface area contributed by atoms with Crippen LogP contribution in [0.4, 0.5) is 29.3 Å². The highest BCUT2D eigenvalue weighted by Crippen LogP contribution is 2.25. The first-order valence-electron chi connectivity index (χ1n) is 8.07. The molecule has 0 aliphatic carbocycles. The Morgan fingerprint density at radius 3 is 2.42 bits per heavy atom. The molecule has 0 saturated carbocycles. The molecule has 26 heavy (non-hydrogen) atoms. The normalized spacial score (nSPS) is 14.5. The number of halogens is 4. The van der Waals surface area contributed by atoms with Gasteiger partial charge in [-0.2, -0.15) is 0 Å². The standard InChI is InChI=1S/C18H17ClF3N3O/c1-11-2-3-12(19)10-14(11)23-18(26)25-8-6-24(7-9-25)15-5-4-13(20)16(21)17(15)22/h2-5,10H,6-9H2,1H3,(H,23,26). The zero-order valence-corrected chi connectivity index (χ0v) is 14.8. The average Bonchev–Trinajstić information content (AvgIpc) is 2.63. The summed E-state index contributed by atoms with van der Waals surface area (Å²) in [6, 6.07) is 7.03. The van der Waals surface area contributed by atoms with Gasteiger partial charge in [-0.3, -0.25) is 0 Å². The van der Waals surface area contributed by atoms with Crippen molar-refractivity contribution in [3.05, 3.63) is 58.4 Å². The van der Waals surface area contributed by atoms with Gasteiger partial charge in [0.1, 0.15) is 0 Å². The maximum atomic E-state index is 13.9. The summed E-state index contributed by atoms with van der Waals surface area (Å²) in [6.07, 6.45) is 0. The number of carbonyl (C=O) groups excluding carboxylic acids is 1. The van der Waals surface area contributed by atoms with Gasteiger partial charge in [0.15, 0.2) is 17.5 Å². The molecule has 2 aromatic carbocycles. The molecule has 8 heteroatoms. The number of rotatable bonds is 2. The average molecular weight is 384 g/mol. The molecule has 2 amide bonds. The number of carbonyl (C=O) groups is 1. The second kappa shape index (κ2) is 7.45. The first-order chi connectivity index (χ1) is 12.4. The predicted molar refractivity (Wildman–Crippen MR) is 95.3 cm³/mol. The molecule has 0 bridgehead atoms. The summed E-state index contributed by atoms with van der Waals surface area (Å²) in [5.74, 6) is -3.92. The second-order valence-electron chi connectivity index (χ2n) is 6.06. The Bertz CT molecular complexity index is 839. The first-order valence-corrected chi connectivity index (χ1v) is 8.45. The van der Waals surface area contributed by atoms with Crippen molar-refractivity contribution in [3.63, 3.8) is 0 Å². The molecule has 1 aliphatic heterocycles. The molecule has 1 heterocycles. The minimum absolute atomic E-state index is 0.00496. The van der Waals surface area contributed by atoms with E-state index in [1.54, 1.807) is 21.9 Å². The SMILES string of the molecule is Cc1ccc(Cl)cc1NC(=O)N1CCN(c2ccc(F)c(F)c2F)CC1. The van der Waals surface area contributed by atoms with Gasteiger partial charge in [-0.15, -0.1) is 0 Å². The Morgan fingerprint density at radius 2 is 1.73 bits per heavy atom. The molecule has 0 aromatic heterocycles. The number of urea groups is 1. The van der Waals surface area contributed by atoms with Crippen LogP contribution in [-0.2, 0) is 0 Å². The zero-order valence-electron chi connectivity index (χ0n) is 14.0. The van der Waals surface area contributed by atoms with E-state index < -0.39 is 17.5 Å². The van der Waals surface area contributed by atoms with Crippen molar-refractivity contribution >= 4 is 29.0 Å². The van der Waals surface area contributed by atoms with Gasteiger partial charge in [0.05, 0.1) is 5.69 Å². The Kier molecular flexibility index (Phi) is 5.27. The lowest BCUT2D eigenvalue weighted by atomic mass is 10.2. The maximum absolute atomic E-state index is 13.9. The van der Waals surface area contributed by atoms with E-state index in [1.807, 2.05) is 13.0 Å². The molecule has 0 unspecified atom stereocenters. The van der Waals surface area contributed by atoms with Gasteiger partial charge in [-0.05, 0) is 36.8 Å². The number of aryl methyl sites for hydroxylation is 1. The predicted octanol–water partition coefficient (Wildman–Crippen LogP) is 4.42. The minimum Gasteiger partial charge on any atom is -0.366 e. The summed E-state index contributed by atoms with van der Waals surface area (Å²) in [7, 11) is 0. The third-order valence-corrected chi connectivity index (χ3v) is 4.60.